The van der Waals surface area contributed by atoms with E-state index in [0.717, 1.165) is 20.1 Å². The van der Waals surface area contributed by atoms with Crippen LogP contribution in [0.2, 0.25) is 0 Å². The molecule has 0 aliphatic heterocycles. The first-order valence-electron chi connectivity index (χ1n) is 7.27. The molecule has 0 atom stereocenters. The molecule has 6 nitrogen and oxygen atoms in total. The maximum Gasteiger partial charge on any atom is 0.283 e. The Kier molecular flexibility index (Phi) is 4.33. The number of thiophene rings is 1. The van der Waals surface area contributed by atoms with Crippen molar-refractivity contribution in [3.05, 3.63) is 53.2 Å². The van der Waals surface area contributed by atoms with Gasteiger partial charge in [0.05, 0.1) is 0 Å². The lowest BCUT2D eigenvalue weighted by Gasteiger charge is -2.02. The van der Waals surface area contributed by atoms with Crippen molar-refractivity contribution in [2.75, 3.05) is 0 Å². The Hall–Kier alpha value is -2.52. The van der Waals surface area contributed by atoms with Gasteiger partial charge in [-0.15, -0.1) is 21.5 Å². The average Bonchev–Trinajstić information content (AvgIpc) is 3.20. The number of hydrogen-bond donors (Lipinski definition) is 0. The van der Waals surface area contributed by atoms with Crippen LogP contribution >= 0.6 is 23.1 Å². The van der Waals surface area contributed by atoms with Crippen LogP contribution in [0.3, 0.4) is 0 Å². The quantitative estimate of drug-likeness (QED) is 0.483. The predicted molar refractivity (Wildman–Crippen MR) is 91.3 cm³/mol. The Bertz CT molecular complexity index is 1020. The molecule has 0 unspecified atom stereocenters. The van der Waals surface area contributed by atoms with E-state index in [4.69, 9.17) is 9.15 Å². The zero-order valence-corrected chi connectivity index (χ0v) is 14.6. The van der Waals surface area contributed by atoms with Gasteiger partial charge in [0.1, 0.15) is 27.8 Å². The molecule has 0 saturated carbocycles. The highest BCUT2D eigenvalue weighted by Gasteiger charge is 2.13. The van der Waals surface area contributed by atoms with E-state index in [9.17, 15) is 4.39 Å². The fourth-order valence-corrected chi connectivity index (χ4v) is 3.79. The van der Waals surface area contributed by atoms with E-state index in [-0.39, 0.29) is 12.4 Å². The Morgan fingerprint density at radius 2 is 2.04 bits per heavy atom. The van der Waals surface area contributed by atoms with Crippen LogP contribution in [0, 0.1) is 12.7 Å². The van der Waals surface area contributed by atoms with Gasteiger partial charge in [-0.2, -0.15) is 0 Å². The minimum Gasteiger partial charge on any atom is -0.484 e. The van der Waals surface area contributed by atoms with Crippen molar-refractivity contribution in [2.24, 2.45) is 0 Å². The Labute approximate surface area is 150 Å². The zero-order valence-electron chi connectivity index (χ0n) is 13.0. The molecule has 0 saturated heterocycles. The van der Waals surface area contributed by atoms with E-state index in [1.165, 1.54) is 42.4 Å². The summed E-state index contributed by atoms with van der Waals surface area (Å²) in [6, 6.07) is 7.77. The molecule has 3 heterocycles. The van der Waals surface area contributed by atoms with E-state index in [1.54, 1.807) is 11.3 Å². The third-order valence-corrected chi connectivity index (χ3v) is 5.04. The van der Waals surface area contributed by atoms with Crippen LogP contribution in [0.25, 0.3) is 10.2 Å². The highest BCUT2D eigenvalue weighted by atomic mass is 32.2. The van der Waals surface area contributed by atoms with Crippen LogP contribution in [0.15, 0.2) is 51.3 Å². The van der Waals surface area contributed by atoms with Gasteiger partial charge in [0.15, 0.2) is 6.61 Å². The SMILES string of the molecule is Cc1cc2c(Sc3nnc(COc4ccc(F)cc4)o3)ncnc2s1. The number of ether oxygens (including phenoxy) is 1. The van der Waals surface area contributed by atoms with Crippen molar-refractivity contribution in [3.8, 4) is 5.75 Å². The maximum absolute atomic E-state index is 12.9. The monoisotopic (exact) mass is 374 g/mol. The second-order valence-corrected chi connectivity index (χ2v) is 7.24. The van der Waals surface area contributed by atoms with Crippen molar-refractivity contribution in [2.45, 2.75) is 23.8 Å². The van der Waals surface area contributed by atoms with Gasteiger partial charge in [-0.1, -0.05) is 0 Å². The van der Waals surface area contributed by atoms with Crippen molar-refractivity contribution < 1.29 is 13.5 Å². The topological polar surface area (TPSA) is 73.9 Å². The summed E-state index contributed by atoms with van der Waals surface area (Å²) in [7, 11) is 0. The second-order valence-electron chi connectivity index (χ2n) is 5.06. The lowest BCUT2D eigenvalue weighted by Crippen LogP contribution is -1.95. The number of aryl methyl sites for hydroxylation is 1. The molecule has 3 aromatic heterocycles. The number of rotatable bonds is 5. The molecule has 126 valence electrons. The molecule has 0 aliphatic rings. The normalized spacial score (nSPS) is 11.1. The first kappa shape index (κ1) is 16.0. The number of benzene rings is 1. The van der Waals surface area contributed by atoms with E-state index in [1.807, 2.05) is 13.0 Å². The summed E-state index contributed by atoms with van der Waals surface area (Å²) in [5.41, 5.74) is 0. The van der Waals surface area contributed by atoms with E-state index in [0.29, 0.717) is 16.9 Å². The van der Waals surface area contributed by atoms with Crippen LogP contribution in [0.1, 0.15) is 10.8 Å². The van der Waals surface area contributed by atoms with Crippen LogP contribution in [0.5, 0.6) is 5.75 Å². The first-order valence-corrected chi connectivity index (χ1v) is 8.90. The standard InChI is InChI=1S/C16H11FN4O2S2/c1-9-6-12-14(24-9)18-8-19-15(12)25-16-21-20-13(23-16)7-22-11-4-2-10(17)3-5-11/h2-6,8H,7H2,1H3. The number of halogens is 1. The molecule has 25 heavy (non-hydrogen) atoms. The van der Waals surface area contributed by atoms with Crippen LogP contribution < -0.4 is 4.74 Å². The molecule has 0 radical (unpaired) electrons. The smallest absolute Gasteiger partial charge is 0.283 e. The van der Waals surface area contributed by atoms with Crippen molar-refractivity contribution >= 4 is 33.3 Å². The average molecular weight is 374 g/mol. The predicted octanol–water partition coefficient (Wildman–Crippen LogP) is 4.25. The molecule has 0 N–H and O–H groups in total. The van der Waals surface area contributed by atoms with Gasteiger partial charge in [0.25, 0.3) is 11.1 Å². The number of aromatic nitrogens is 4. The molecule has 0 bridgehead atoms. The highest BCUT2D eigenvalue weighted by molar-refractivity contribution is 7.99. The zero-order chi connectivity index (χ0) is 17.2. The third kappa shape index (κ3) is 3.62. The molecular weight excluding hydrogens is 363 g/mol. The van der Waals surface area contributed by atoms with Gasteiger partial charge in [-0.05, 0) is 49.0 Å². The van der Waals surface area contributed by atoms with Crippen molar-refractivity contribution in [3.63, 3.8) is 0 Å². The van der Waals surface area contributed by atoms with Gasteiger partial charge >= 0.3 is 0 Å². The fraction of sp³-hybridized carbons (Fsp3) is 0.125. The first-order chi connectivity index (χ1) is 12.2. The van der Waals surface area contributed by atoms with E-state index in [2.05, 4.69) is 20.2 Å². The Balaban J connectivity index is 1.46. The van der Waals surface area contributed by atoms with Crippen molar-refractivity contribution in [1.82, 2.24) is 20.2 Å². The molecule has 0 spiro atoms. The number of hydrogen-bond acceptors (Lipinski definition) is 8. The summed E-state index contributed by atoms with van der Waals surface area (Å²) in [5.74, 6) is 0.544. The highest BCUT2D eigenvalue weighted by Crippen LogP contribution is 2.33. The van der Waals surface area contributed by atoms with Crippen LogP contribution in [-0.4, -0.2) is 20.2 Å². The van der Waals surface area contributed by atoms with Gasteiger partial charge in [-0.3, -0.25) is 0 Å². The van der Waals surface area contributed by atoms with Gasteiger partial charge in [0, 0.05) is 10.3 Å². The molecule has 4 rings (SSSR count). The number of fused-ring (bicyclic) bond motifs is 1. The lowest BCUT2D eigenvalue weighted by atomic mass is 10.3. The van der Waals surface area contributed by atoms with E-state index >= 15 is 0 Å². The fourth-order valence-electron chi connectivity index (χ4n) is 2.13. The largest absolute Gasteiger partial charge is 0.484 e. The Morgan fingerprint density at radius 3 is 2.88 bits per heavy atom. The summed E-state index contributed by atoms with van der Waals surface area (Å²) in [6.45, 7) is 2.13. The molecule has 0 amide bonds. The number of nitrogens with zero attached hydrogens (tertiary/aromatic N) is 4. The minimum atomic E-state index is -0.316. The minimum absolute atomic E-state index is 0.107. The van der Waals surface area contributed by atoms with E-state index < -0.39 is 0 Å². The van der Waals surface area contributed by atoms with Crippen molar-refractivity contribution in [1.29, 1.82) is 0 Å². The molecule has 1 aromatic carbocycles. The molecule has 0 aliphatic carbocycles. The molecule has 0 fully saturated rings. The summed E-state index contributed by atoms with van der Waals surface area (Å²) < 4.78 is 23.9. The van der Waals surface area contributed by atoms with Crippen LogP contribution in [0.4, 0.5) is 4.39 Å². The molecule has 9 heteroatoms. The third-order valence-electron chi connectivity index (χ3n) is 3.22. The van der Waals surface area contributed by atoms with Gasteiger partial charge in [-0.25, -0.2) is 14.4 Å². The van der Waals surface area contributed by atoms with Gasteiger partial charge in [0.2, 0.25) is 0 Å². The second kappa shape index (κ2) is 6.77. The molecular formula is C16H11FN4O2S2. The Morgan fingerprint density at radius 1 is 1.20 bits per heavy atom. The molecule has 4 aromatic rings. The summed E-state index contributed by atoms with van der Waals surface area (Å²) >= 11 is 2.90. The summed E-state index contributed by atoms with van der Waals surface area (Å²) in [5, 5.41) is 10.1. The maximum atomic E-state index is 12.9. The van der Waals surface area contributed by atoms with Gasteiger partial charge < -0.3 is 9.15 Å². The summed E-state index contributed by atoms with van der Waals surface area (Å²) in [4.78, 5) is 10.6. The van der Waals surface area contributed by atoms with Crippen LogP contribution in [-0.2, 0) is 6.61 Å². The summed E-state index contributed by atoms with van der Waals surface area (Å²) in [6.07, 6.45) is 1.52. The lowest BCUT2D eigenvalue weighted by molar-refractivity contribution is 0.252.